The van der Waals surface area contributed by atoms with Gasteiger partial charge in [-0.05, 0) is 38.3 Å². The van der Waals surface area contributed by atoms with Crippen LogP contribution in [0.2, 0.25) is 0 Å². The Hall–Kier alpha value is -1.62. The van der Waals surface area contributed by atoms with Crippen molar-refractivity contribution in [3.05, 3.63) is 33.2 Å². The first-order chi connectivity index (χ1) is 8.56. The second kappa shape index (κ2) is 4.94. The van der Waals surface area contributed by atoms with E-state index in [2.05, 4.69) is 0 Å². The number of amides is 1. The summed E-state index contributed by atoms with van der Waals surface area (Å²) in [5, 5.41) is 0. The van der Waals surface area contributed by atoms with Gasteiger partial charge in [0.1, 0.15) is 5.56 Å². The number of hydrogen-bond acceptors (Lipinski definition) is 3. The Morgan fingerprint density at radius 3 is 2.56 bits per heavy atom. The third kappa shape index (κ3) is 2.06. The highest BCUT2D eigenvalue weighted by atomic mass is 16.2. The Kier molecular flexibility index (Phi) is 3.52. The van der Waals surface area contributed by atoms with Crippen LogP contribution in [0.15, 0.2) is 10.9 Å². The third-order valence-electron chi connectivity index (χ3n) is 3.68. The maximum Gasteiger partial charge on any atom is 0.271 e. The Bertz CT molecular complexity index is 528. The molecule has 1 fully saturated rings. The molecule has 1 aliphatic rings. The van der Waals surface area contributed by atoms with Gasteiger partial charge in [0.25, 0.3) is 11.5 Å². The van der Waals surface area contributed by atoms with Gasteiger partial charge in [0.2, 0.25) is 0 Å². The van der Waals surface area contributed by atoms with Crippen molar-refractivity contribution in [2.75, 3.05) is 0 Å². The summed E-state index contributed by atoms with van der Waals surface area (Å²) in [5.74, 6) is 4.63. The monoisotopic (exact) mass is 249 g/mol. The van der Waals surface area contributed by atoms with Gasteiger partial charge in [-0.1, -0.05) is 12.8 Å². The van der Waals surface area contributed by atoms with Crippen LogP contribution in [-0.2, 0) is 0 Å². The van der Waals surface area contributed by atoms with Crippen LogP contribution in [0.1, 0.15) is 53.3 Å². The summed E-state index contributed by atoms with van der Waals surface area (Å²) in [4.78, 5) is 24.1. The molecule has 1 aromatic heterocycles. The van der Waals surface area contributed by atoms with Crippen molar-refractivity contribution < 1.29 is 4.79 Å². The van der Waals surface area contributed by atoms with E-state index in [0.29, 0.717) is 5.56 Å². The number of nitrogen functional groups attached to an aromatic ring is 1. The molecule has 0 aromatic carbocycles. The van der Waals surface area contributed by atoms with Gasteiger partial charge in [-0.2, -0.15) is 0 Å². The van der Waals surface area contributed by atoms with E-state index < -0.39 is 5.91 Å². The first-order valence-electron chi connectivity index (χ1n) is 6.30. The summed E-state index contributed by atoms with van der Waals surface area (Å²) in [6.07, 6.45) is 4.30. The van der Waals surface area contributed by atoms with Crippen molar-refractivity contribution in [2.45, 2.75) is 45.6 Å². The van der Waals surface area contributed by atoms with Crippen molar-refractivity contribution in [3.8, 4) is 0 Å². The van der Waals surface area contributed by atoms with Crippen LogP contribution < -0.4 is 16.8 Å². The Morgan fingerprint density at radius 2 is 2.00 bits per heavy atom. The maximum absolute atomic E-state index is 12.4. The molecule has 0 saturated heterocycles. The van der Waals surface area contributed by atoms with Crippen molar-refractivity contribution >= 4 is 5.91 Å². The SMILES string of the molecule is Cc1cc(C)n(C2CCCC2)c(=O)c1C(=O)NN. The van der Waals surface area contributed by atoms with Crippen LogP contribution in [0, 0.1) is 13.8 Å². The average molecular weight is 249 g/mol. The van der Waals surface area contributed by atoms with Crippen LogP contribution >= 0.6 is 0 Å². The van der Waals surface area contributed by atoms with Gasteiger partial charge >= 0.3 is 0 Å². The predicted molar refractivity (Wildman–Crippen MR) is 69.3 cm³/mol. The number of hydrogen-bond donors (Lipinski definition) is 2. The molecule has 1 aromatic rings. The summed E-state index contributed by atoms with van der Waals surface area (Å²) in [5.41, 5.74) is 3.58. The van der Waals surface area contributed by atoms with Crippen LogP contribution in [0.5, 0.6) is 0 Å². The average Bonchev–Trinajstić information content (AvgIpc) is 2.81. The van der Waals surface area contributed by atoms with Gasteiger partial charge in [-0.15, -0.1) is 0 Å². The minimum Gasteiger partial charge on any atom is -0.309 e. The number of pyridine rings is 1. The highest BCUT2D eigenvalue weighted by Crippen LogP contribution is 2.29. The number of nitrogens with zero attached hydrogens (tertiary/aromatic N) is 1. The van der Waals surface area contributed by atoms with Crippen LogP contribution in [0.25, 0.3) is 0 Å². The summed E-state index contributed by atoms with van der Waals surface area (Å²) >= 11 is 0. The zero-order valence-electron chi connectivity index (χ0n) is 10.8. The fourth-order valence-electron chi connectivity index (χ4n) is 2.87. The minimum atomic E-state index is -0.510. The fourth-order valence-corrected chi connectivity index (χ4v) is 2.87. The molecule has 0 radical (unpaired) electrons. The number of nitrogens with one attached hydrogen (secondary N) is 1. The number of nitrogens with two attached hydrogens (primary N) is 1. The Balaban J connectivity index is 2.59. The second-order valence-electron chi connectivity index (χ2n) is 4.93. The van der Waals surface area contributed by atoms with E-state index in [9.17, 15) is 9.59 Å². The van der Waals surface area contributed by atoms with E-state index in [1.54, 1.807) is 11.5 Å². The molecule has 0 spiro atoms. The van der Waals surface area contributed by atoms with Crippen LogP contribution in [0.4, 0.5) is 0 Å². The molecule has 5 heteroatoms. The molecule has 1 heterocycles. The van der Waals surface area contributed by atoms with Crippen molar-refractivity contribution in [3.63, 3.8) is 0 Å². The first kappa shape index (κ1) is 12.8. The summed E-state index contributed by atoms with van der Waals surface area (Å²) in [6, 6.07) is 2.10. The molecule has 1 saturated carbocycles. The summed E-state index contributed by atoms with van der Waals surface area (Å²) in [6.45, 7) is 3.68. The van der Waals surface area contributed by atoms with Gasteiger partial charge in [0.15, 0.2) is 0 Å². The molecule has 3 N–H and O–H groups in total. The minimum absolute atomic E-state index is 0.162. The quantitative estimate of drug-likeness (QED) is 0.469. The largest absolute Gasteiger partial charge is 0.309 e. The van der Waals surface area contributed by atoms with E-state index >= 15 is 0 Å². The summed E-state index contributed by atoms with van der Waals surface area (Å²) < 4.78 is 1.75. The Labute approximate surface area is 106 Å². The molecule has 1 amide bonds. The molecule has 1 aliphatic carbocycles. The molecule has 2 rings (SSSR count). The van der Waals surface area contributed by atoms with Crippen molar-refractivity contribution in [1.82, 2.24) is 9.99 Å². The van der Waals surface area contributed by atoms with Gasteiger partial charge in [0.05, 0.1) is 0 Å². The topological polar surface area (TPSA) is 77.1 Å². The lowest BCUT2D eigenvalue weighted by Gasteiger charge is -2.19. The number of carbonyl (C=O) groups is 1. The highest BCUT2D eigenvalue weighted by molar-refractivity contribution is 5.94. The smallest absolute Gasteiger partial charge is 0.271 e. The number of rotatable bonds is 2. The third-order valence-corrected chi connectivity index (χ3v) is 3.68. The molecule has 0 aliphatic heterocycles. The molecule has 0 unspecified atom stereocenters. The molecule has 0 bridgehead atoms. The number of aryl methyl sites for hydroxylation is 2. The van der Waals surface area contributed by atoms with E-state index in [1.165, 1.54) is 0 Å². The van der Waals surface area contributed by atoms with E-state index in [4.69, 9.17) is 5.84 Å². The number of carbonyl (C=O) groups excluding carboxylic acids is 1. The highest BCUT2D eigenvalue weighted by Gasteiger charge is 2.23. The molecule has 5 nitrogen and oxygen atoms in total. The lowest BCUT2D eigenvalue weighted by atomic mass is 10.1. The first-order valence-corrected chi connectivity index (χ1v) is 6.30. The predicted octanol–water partition coefficient (Wildman–Crippen LogP) is 1.18. The van der Waals surface area contributed by atoms with Gasteiger partial charge in [0, 0.05) is 11.7 Å². The normalized spacial score (nSPS) is 15.9. The zero-order valence-corrected chi connectivity index (χ0v) is 10.8. The van der Waals surface area contributed by atoms with Gasteiger partial charge in [-0.25, -0.2) is 5.84 Å². The van der Waals surface area contributed by atoms with Gasteiger partial charge in [-0.3, -0.25) is 15.0 Å². The summed E-state index contributed by atoms with van der Waals surface area (Å²) in [7, 11) is 0. The second-order valence-corrected chi connectivity index (χ2v) is 4.93. The molecular formula is C13H19N3O2. The number of hydrazine groups is 1. The van der Waals surface area contributed by atoms with E-state index in [-0.39, 0.29) is 17.2 Å². The molecule has 18 heavy (non-hydrogen) atoms. The van der Waals surface area contributed by atoms with Gasteiger partial charge < -0.3 is 4.57 Å². The molecule has 0 atom stereocenters. The standard InChI is InChI=1S/C13H19N3O2/c1-8-7-9(2)16(10-5-3-4-6-10)13(18)11(8)12(17)15-14/h7,10H,3-6,14H2,1-2H3,(H,15,17). The van der Waals surface area contributed by atoms with Crippen molar-refractivity contribution in [2.24, 2.45) is 5.84 Å². The van der Waals surface area contributed by atoms with Crippen LogP contribution in [-0.4, -0.2) is 10.5 Å². The molecule has 98 valence electrons. The zero-order chi connectivity index (χ0) is 13.3. The lowest BCUT2D eigenvalue weighted by Crippen LogP contribution is -2.38. The number of aromatic nitrogens is 1. The Morgan fingerprint density at radius 1 is 1.39 bits per heavy atom. The van der Waals surface area contributed by atoms with Crippen LogP contribution in [0.3, 0.4) is 0 Å². The van der Waals surface area contributed by atoms with Crippen molar-refractivity contribution in [1.29, 1.82) is 0 Å². The fraction of sp³-hybridized carbons (Fsp3) is 0.538. The van der Waals surface area contributed by atoms with E-state index in [0.717, 1.165) is 31.4 Å². The van der Waals surface area contributed by atoms with E-state index in [1.807, 2.05) is 18.4 Å². The lowest BCUT2D eigenvalue weighted by molar-refractivity contribution is 0.0950. The maximum atomic E-state index is 12.4. The molecular weight excluding hydrogens is 230 g/mol.